The van der Waals surface area contributed by atoms with E-state index in [4.69, 9.17) is 23.2 Å². The lowest BCUT2D eigenvalue weighted by atomic mass is 10.2. The minimum absolute atomic E-state index is 0.189. The third-order valence-corrected chi connectivity index (χ3v) is 6.15. The Morgan fingerprint density at radius 1 is 0.968 bits per heavy atom. The molecule has 0 fully saturated rings. The molecule has 1 N–H and O–H groups in total. The molecule has 1 amide bonds. The van der Waals surface area contributed by atoms with Crippen LogP contribution in [0.2, 0.25) is 10.0 Å². The van der Waals surface area contributed by atoms with Crippen LogP contribution in [0.25, 0.3) is 0 Å². The Morgan fingerprint density at radius 3 is 2.16 bits per heavy atom. The number of rotatable bonds is 7. The van der Waals surface area contributed by atoms with Gasteiger partial charge in [0.15, 0.2) is 0 Å². The number of hydrogen-bond donors (Lipinski definition) is 1. The van der Waals surface area contributed by atoms with Crippen LogP contribution in [0, 0.1) is 0 Å². The van der Waals surface area contributed by atoms with E-state index in [1.807, 2.05) is 30.3 Å². The van der Waals surface area contributed by atoms with Gasteiger partial charge in [0.05, 0.1) is 34.7 Å². The van der Waals surface area contributed by atoms with Crippen molar-refractivity contribution in [1.82, 2.24) is 5.43 Å². The summed E-state index contributed by atoms with van der Waals surface area (Å²) < 4.78 is 25.9. The Labute approximate surface area is 191 Å². The first-order chi connectivity index (χ1) is 14.8. The van der Waals surface area contributed by atoms with Crippen LogP contribution in [0.3, 0.4) is 0 Å². The first-order valence-corrected chi connectivity index (χ1v) is 11.8. The van der Waals surface area contributed by atoms with Crippen molar-refractivity contribution < 1.29 is 13.2 Å². The van der Waals surface area contributed by atoms with E-state index >= 15 is 0 Å². The van der Waals surface area contributed by atoms with Crippen molar-refractivity contribution in [1.29, 1.82) is 0 Å². The number of benzene rings is 3. The molecule has 160 valence electrons. The van der Waals surface area contributed by atoms with Crippen LogP contribution < -0.4 is 9.73 Å². The van der Waals surface area contributed by atoms with Gasteiger partial charge in [-0.05, 0) is 42.0 Å². The van der Waals surface area contributed by atoms with Gasteiger partial charge in [-0.1, -0.05) is 59.6 Å². The number of hydrogen-bond acceptors (Lipinski definition) is 4. The van der Waals surface area contributed by atoms with Gasteiger partial charge in [-0.15, -0.1) is 0 Å². The van der Waals surface area contributed by atoms with Crippen LogP contribution in [-0.4, -0.2) is 26.8 Å². The summed E-state index contributed by atoms with van der Waals surface area (Å²) in [6, 6.07) is 20.5. The molecule has 3 rings (SSSR count). The molecule has 6 nitrogen and oxygen atoms in total. The van der Waals surface area contributed by atoms with Crippen molar-refractivity contribution in [3.8, 4) is 0 Å². The maximum absolute atomic E-state index is 12.4. The van der Waals surface area contributed by atoms with Crippen LogP contribution in [0.4, 0.5) is 5.69 Å². The Hall–Kier alpha value is -2.87. The summed E-state index contributed by atoms with van der Waals surface area (Å²) in [5.74, 6) is -0.458. The molecule has 0 bridgehead atoms. The molecule has 31 heavy (non-hydrogen) atoms. The van der Waals surface area contributed by atoms with Crippen LogP contribution in [0.5, 0.6) is 0 Å². The van der Waals surface area contributed by atoms with E-state index in [0.29, 0.717) is 26.9 Å². The lowest BCUT2D eigenvalue weighted by molar-refractivity contribution is 0.0955. The first-order valence-electron chi connectivity index (χ1n) is 9.15. The average molecular weight is 476 g/mol. The minimum Gasteiger partial charge on any atom is -0.267 e. The molecule has 0 aliphatic carbocycles. The molecule has 0 heterocycles. The van der Waals surface area contributed by atoms with E-state index < -0.39 is 15.9 Å². The Morgan fingerprint density at radius 2 is 1.58 bits per heavy atom. The third-order valence-electron chi connectivity index (χ3n) is 4.35. The highest BCUT2D eigenvalue weighted by molar-refractivity contribution is 7.92. The lowest BCUT2D eigenvalue weighted by Gasteiger charge is -2.22. The number of amides is 1. The van der Waals surface area contributed by atoms with E-state index in [9.17, 15) is 13.2 Å². The van der Waals surface area contributed by atoms with Gasteiger partial charge in [0, 0.05) is 11.1 Å². The number of hydrazone groups is 1. The zero-order chi connectivity index (χ0) is 22.4. The van der Waals surface area contributed by atoms with Crippen LogP contribution >= 0.6 is 23.2 Å². The number of carbonyl (C=O) groups is 1. The Bertz CT molecular complexity index is 1180. The Balaban J connectivity index is 1.73. The van der Waals surface area contributed by atoms with Gasteiger partial charge >= 0.3 is 0 Å². The SMILES string of the molecule is CS(=O)(=O)N(Cc1ccccc1)c1ccc(C(=O)N/N=C\c2c(Cl)cccc2Cl)cc1. The van der Waals surface area contributed by atoms with Gasteiger partial charge in [-0.3, -0.25) is 9.10 Å². The molecule has 0 unspecified atom stereocenters. The predicted octanol–water partition coefficient (Wildman–Crippen LogP) is 4.72. The van der Waals surface area contributed by atoms with E-state index in [0.717, 1.165) is 11.8 Å². The molecule has 0 aromatic heterocycles. The summed E-state index contributed by atoms with van der Waals surface area (Å²) in [5.41, 5.74) is 4.52. The summed E-state index contributed by atoms with van der Waals surface area (Å²) in [6.07, 6.45) is 2.51. The smallest absolute Gasteiger partial charge is 0.267 e. The molecular formula is C22H19Cl2N3O3S. The van der Waals surface area contributed by atoms with Crippen molar-refractivity contribution in [2.45, 2.75) is 6.54 Å². The van der Waals surface area contributed by atoms with E-state index in [2.05, 4.69) is 10.5 Å². The van der Waals surface area contributed by atoms with Gasteiger partial charge in [-0.2, -0.15) is 5.10 Å². The summed E-state index contributed by atoms with van der Waals surface area (Å²) in [5, 5.41) is 4.71. The molecule has 9 heteroatoms. The van der Waals surface area contributed by atoms with Crippen LogP contribution in [-0.2, 0) is 16.6 Å². The molecule has 0 radical (unpaired) electrons. The number of nitrogens with one attached hydrogen (secondary N) is 1. The van der Waals surface area contributed by atoms with Crippen LogP contribution in [0.15, 0.2) is 77.9 Å². The van der Waals surface area contributed by atoms with Crippen molar-refractivity contribution in [2.24, 2.45) is 5.10 Å². The molecule has 0 aliphatic heterocycles. The maximum atomic E-state index is 12.4. The monoisotopic (exact) mass is 475 g/mol. The quantitative estimate of drug-likeness (QED) is 0.396. The minimum atomic E-state index is -3.52. The summed E-state index contributed by atoms with van der Waals surface area (Å²) >= 11 is 12.1. The number of sulfonamides is 1. The number of nitrogens with zero attached hydrogens (tertiary/aromatic N) is 2. The second kappa shape index (κ2) is 9.96. The van der Waals surface area contributed by atoms with Crippen LogP contribution in [0.1, 0.15) is 21.5 Å². The van der Waals surface area contributed by atoms with Gasteiger partial charge in [-0.25, -0.2) is 13.8 Å². The topological polar surface area (TPSA) is 78.8 Å². The summed E-state index contributed by atoms with van der Waals surface area (Å²) in [6.45, 7) is 0.189. The molecule has 0 spiro atoms. The van der Waals surface area contributed by atoms with Crippen molar-refractivity contribution in [2.75, 3.05) is 10.6 Å². The summed E-state index contributed by atoms with van der Waals surface area (Å²) in [4.78, 5) is 12.4. The highest BCUT2D eigenvalue weighted by Crippen LogP contribution is 2.23. The van der Waals surface area contributed by atoms with E-state index in [1.165, 1.54) is 22.7 Å². The molecule has 0 saturated heterocycles. The van der Waals surface area contributed by atoms with Gasteiger partial charge in [0.1, 0.15) is 0 Å². The Kier molecular flexibility index (Phi) is 7.33. The maximum Gasteiger partial charge on any atom is 0.271 e. The number of anilines is 1. The standard InChI is InChI=1S/C22H19Cl2N3O3S/c1-31(29,30)27(15-16-6-3-2-4-7-16)18-12-10-17(11-13-18)22(28)26-25-14-19-20(23)8-5-9-21(19)24/h2-14H,15H2,1H3,(H,26,28)/b25-14-. The molecule has 0 aliphatic rings. The zero-order valence-corrected chi connectivity index (χ0v) is 18.8. The molecular weight excluding hydrogens is 457 g/mol. The van der Waals surface area contributed by atoms with Gasteiger partial charge < -0.3 is 0 Å². The normalized spacial score (nSPS) is 11.5. The molecule has 3 aromatic rings. The molecule has 0 saturated carbocycles. The van der Waals surface area contributed by atoms with Crippen molar-refractivity contribution in [3.63, 3.8) is 0 Å². The van der Waals surface area contributed by atoms with Crippen molar-refractivity contribution in [3.05, 3.63) is 99.5 Å². The van der Waals surface area contributed by atoms with E-state index in [1.54, 1.807) is 30.3 Å². The fourth-order valence-corrected chi connectivity index (χ4v) is 4.17. The third kappa shape index (κ3) is 6.07. The second-order valence-corrected chi connectivity index (χ2v) is 9.36. The highest BCUT2D eigenvalue weighted by Gasteiger charge is 2.18. The largest absolute Gasteiger partial charge is 0.271 e. The average Bonchev–Trinajstić information content (AvgIpc) is 2.74. The van der Waals surface area contributed by atoms with Gasteiger partial charge in [0.25, 0.3) is 5.91 Å². The van der Waals surface area contributed by atoms with E-state index in [-0.39, 0.29) is 6.54 Å². The fourth-order valence-electron chi connectivity index (χ4n) is 2.78. The highest BCUT2D eigenvalue weighted by atomic mass is 35.5. The van der Waals surface area contributed by atoms with Crippen molar-refractivity contribution >= 4 is 51.0 Å². The summed E-state index contributed by atoms with van der Waals surface area (Å²) in [7, 11) is -3.52. The number of halogens is 2. The second-order valence-electron chi connectivity index (χ2n) is 6.64. The molecule has 0 atom stereocenters. The zero-order valence-electron chi connectivity index (χ0n) is 16.5. The first kappa shape index (κ1) is 22.8. The number of carbonyl (C=O) groups excluding carboxylic acids is 1. The predicted molar refractivity (Wildman–Crippen MR) is 125 cm³/mol. The fraction of sp³-hybridized carbons (Fsp3) is 0.0909. The van der Waals surface area contributed by atoms with Gasteiger partial charge in [0.2, 0.25) is 10.0 Å². The molecule has 3 aromatic carbocycles. The lowest BCUT2D eigenvalue weighted by Crippen LogP contribution is -2.29.